The summed E-state index contributed by atoms with van der Waals surface area (Å²) in [6.45, 7) is 0. The van der Waals surface area contributed by atoms with Crippen molar-refractivity contribution < 1.29 is 5.11 Å². The molecule has 5 rings (SSSR count). The van der Waals surface area contributed by atoms with Crippen molar-refractivity contribution in [1.29, 1.82) is 5.26 Å². The van der Waals surface area contributed by atoms with Gasteiger partial charge in [0.1, 0.15) is 5.01 Å². The Bertz CT molecular complexity index is 1360. The number of aromatic nitrogens is 1. The number of nitrogens with zero attached hydrogens (tertiary/aromatic N) is 2. The van der Waals surface area contributed by atoms with Crippen LogP contribution in [-0.2, 0) is 5.72 Å². The quantitative estimate of drug-likeness (QED) is 0.349. The normalized spacial score (nSPS) is 22.7. The minimum Gasteiger partial charge on any atom is -0.366 e. The molecule has 3 aromatic carbocycles. The van der Waals surface area contributed by atoms with Crippen molar-refractivity contribution in [1.82, 2.24) is 10.3 Å². The number of halogens is 1. The van der Waals surface area contributed by atoms with Gasteiger partial charge in [0.2, 0.25) is 0 Å². The van der Waals surface area contributed by atoms with Gasteiger partial charge < -0.3 is 10.4 Å². The summed E-state index contributed by atoms with van der Waals surface area (Å²) in [5.74, 6) is -1.07. The van der Waals surface area contributed by atoms with Crippen molar-refractivity contribution in [3.8, 4) is 6.07 Å². The Morgan fingerprint density at radius 1 is 1.06 bits per heavy atom. The fourth-order valence-corrected chi connectivity index (χ4v) is 6.57. The molecular formula is C26H20ClN3OS2. The molecule has 3 unspecified atom stereocenters. The second-order valence-corrected chi connectivity index (χ2v) is 10.1. The summed E-state index contributed by atoms with van der Waals surface area (Å²) < 4.78 is 1.03. The van der Waals surface area contributed by atoms with Crippen LogP contribution < -0.4 is 5.32 Å². The van der Waals surface area contributed by atoms with E-state index in [9.17, 15) is 10.4 Å². The Morgan fingerprint density at radius 2 is 1.76 bits per heavy atom. The second kappa shape index (κ2) is 8.85. The smallest absolute Gasteiger partial charge is 0.172 e. The lowest BCUT2D eigenvalue weighted by molar-refractivity contribution is -0.0273. The van der Waals surface area contributed by atoms with Gasteiger partial charge in [-0.15, -0.1) is 23.1 Å². The molecule has 0 bridgehead atoms. The first-order chi connectivity index (χ1) is 16.1. The van der Waals surface area contributed by atoms with E-state index in [0.29, 0.717) is 21.2 Å². The number of hydrogen-bond donors (Lipinski definition) is 2. The third kappa shape index (κ3) is 3.71. The number of rotatable bonds is 4. The maximum absolute atomic E-state index is 12.4. The molecule has 4 aromatic rings. The molecular weight excluding hydrogens is 470 g/mol. The predicted molar refractivity (Wildman–Crippen MR) is 136 cm³/mol. The summed E-state index contributed by atoms with van der Waals surface area (Å²) in [5.41, 5.74) is 1.40. The van der Waals surface area contributed by atoms with E-state index in [2.05, 4.69) is 11.4 Å². The van der Waals surface area contributed by atoms with Crippen LogP contribution in [0.3, 0.4) is 0 Å². The van der Waals surface area contributed by atoms with Gasteiger partial charge in [-0.05, 0) is 30.0 Å². The van der Waals surface area contributed by atoms with Gasteiger partial charge in [0, 0.05) is 16.5 Å². The lowest BCUT2D eigenvalue weighted by Crippen LogP contribution is -2.52. The van der Waals surface area contributed by atoms with E-state index in [1.165, 1.54) is 23.1 Å². The summed E-state index contributed by atoms with van der Waals surface area (Å²) in [6.07, 6.45) is 1.90. The Hall–Kier alpha value is -2.82. The molecule has 1 aliphatic heterocycles. The number of hydrogen-bond acceptors (Lipinski definition) is 6. The molecule has 0 spiro atoms. The molecule has 0 saturated heterocycles. The van der Waals surface area contributed by atoms with Crippen LogP contribution in [0.1, 0.15) is 28.0 Å². The van der Waals surface area contributed by atoms with Gasteiger partial charge in [-0.1, -0.05) is 72.3 Å². The summed E-state index contributed by atoms with van der Waals surface area (Å²) in [7, 11) is 0. The first-order valence-corrected chi connectivity index (χ1v) is 12.8. The largest absolute Gasteiger partial charge is 0.366 e. The fraction of sp³-hybridized carbons (Fsp3) is 0.154. The summed E-state index contributed by atoms with van der Waals surface area (Å²) in [6, 6.07) is 27.4. The standard InChI is InChI=1S/C26H20ClN3OS2/c1-32-24-18(15-28)22(17-11-5-6-12-19(17)27)23(25-29-20-13-7-8-14-21(20)33-25)26(31,30-24)16-9-3-2-4-10-16/h2-14,22-23,30-31H,1H3. The zero-order valence-electron chi connectivity index (χ0n) is 17.7. The van der Waals surface area contributed by atoms with Crippen molar-refractivity contribution in [2.75, 3.05) is 6.26 Å². The van der Waals surface area contributed by atoms with Gasteiger partial charge in [0.15, 0.2) is 5.72 Å². The molecule has 0 saturated carbocycles. The number of allylic oxidation sites excluding steroid dienone is 1. The number of nitrogens with one attached hydrogen (secondary N) is 1. The van der Waals surface area contributed by atoms with Crippen molar-refractivity contribution in [3.63, 3.8) is 0 Å². The van der Waals surface area contributed by atoms with Crippen molar-refractivity contribution in [2.45, 2.75) is 17.6 Å². The molecule has 33 heavy (non-hydrogen) atoms. The summed E-state index contributed by atoms with van der Waals surface area (Å²) in [4.78, 5) is 4.92. The van der Waals surface area contributed by atoms with E-state index >= 15 is 0 Å². The molecule has 3 atom stereocenters. The average Bonchev–Trinajstić information content (AvgIpc) is 3.28. The van der Waals surface area contributed by atoms with Gasteiger partial charge >= 0.3 is 0 Å². The molecule has 0 radical (unpaired) electrons. The van der Waals surface area contributed by atoms with Crippen LogP contribution in [0, 0.1) is 11.3 Å². The molecule has 0 fully saturated rings. The highest BCUT2D eigenvalue weighted by Crippen LogP contribution is 2.55. The number of fused-ring (bicyclic) bond motifs is 1. The van der Waals surface area contributed by atoms with Crippen LogP contribution >= 0.6 is 34.7 Å². The van der Waals surface area contributed by atoms with Gasteiger partial charge in [-0.2, -0.15) is 5.26 Å². The number of aliphatic hydroxyl groups is 1. The monoisotopic (exact) mass is 489 g/mol. The van der Waals surface area contributed by atoms with Crippen LogP contribution in [0.15, 0.2) is 89.5 Å². The third-order valence-electron chi connectivity index (χ3n) is 6.00. The van der Waals surface area contributed by atoms with E-state index in [0.717, 1.165) is 20.8 Å². The Kier molecular flexibility index (Phi) is 5.90. The molecule has 0 aliphatic carbocycles. The lowest BCUT2D eigenvalue weighted by atomic mass is 9.71. The maximum Gasteiger partial charge on any atom is 0.172 e. The number of benzene rings is 3. The molecule has 164 valence electrons. The molecule has 7 heteroatoms. The van der Waals surface area contributed by atoms with Crippen LogP contribution in [0.2, 0.25) is 5.02 Å². The topological polar surface area (TPSA) is 68.9 Å². The highest BCUT2D eigenvalue weighted by molar-refractivity contribution is 8.02. The number of thiazole rings is 1. The predicted octanol–water partition coefficient (Wildman–Crippen LogP) is 6.36. The van der Waals surface area contributed by atoms with Crippen LogP contribution in [0.25, 0.3) is 10.2 Å². The first-order valence-electron chi connectivity index (χ1n) is 10.4. The van der Waals surface area contributed by atoms with Crippen LogP contribution in [0.4, 0.5) is 0 Å². The van der Waals surface area contributed by atoms with Crippen LogP contribution in [0.5, 0.6) is 0 Å². The van der Waals surface area contributed by atoms with Crippen LogP contribution in [-0.4, -0.2) is 16.3 Å². The van der Waals surface area contributed by atoms with E-state index < -0.39 is 17.6 Å². The number of para-hydroxylation sites is 1. The van der Waals surface area contributed by atoms with E-state index in [-0.39, 0.29) is 0 Å². The first kappa shape index (κ1) is 22.0. The molecule has 1 aliphatic rings. The van der Waals surface area contributed by atoms with E-state index in [1.54, 1.807) is 0 Å². The van der Waals surface area contributed by atoms with Crippen molar-refractivity contribution in [3.05, 3.63) is 111 Å². The zero-order chi connectivity index (χ0) is 23.0. The molecule has 0 amide bonds. The third-order valence-corrected chi connectivity index (χ3v) is 8.19. The fourth-order valence-electron chi connectivity index (χ4n) is 4.50. The van der Waals surface area contributed by atoms with E-state index in [4.69, 9.17) is 16.6 Å². The van der Waals surface area contributed by atoms with Crippen molar-refractivity contribution in [2.24, 2.45) is 0 Å². The Labute approximate surface area is 205 Å². The molecule has 2 heterocycles. The SMILES string of the molecule is CSC1=C(C#N)C(c2ccccc2Cl)C(c2nc3ccccc3s2)C(O)(c2ccccc2)N1. The van der Waals surface area contributed by atoms with E-state index in [1.807, 2.05) is 85.1 Å². The highest BCUT2D eigenvalue weighted by Gasteiger charge is 2.52. The Balaban J connectivity index is 1.84. The second-order valence-electron chi connectivity index (χ2n) is 7.81. The van der Waals surface area contributed by atoms with Gasteiger partial charge in [0.25, 0.3) is 0 Å². The number of thioether (sulfide) groups is 1. The van der Waals surface area contributed by atoms with Gasteiger partial charge in [-0.3, -0.25) is 0 Å². The van der Waals surface area contributed by atoms with Crippen molar-refractivity contribution >= 4 is 44.9 Å². The highest BCUT2D eigenvalue weighted by atomic mass is 35.5. The molecule has 4 nitrogen and oxygen atoms in total. The molecule has 2 N–H and O–H groups in total. The minimum atomic E-state index is -1.50. The maximum atomic E-state index is 12.4. The number of nitriles is 1. The zero-order valence-corrected chi connectivity index (χ0v) is 20.1. The average molecular weight is 490 g/mol. The summed E-state index contributed by atoms with van der Waals surface area (Å²) in [5, 5.41) is 27.9. The lowest BCUT2D eigenvalue weighted by Gasteiger charge is -2.45. The molecule has 1 aromatic heterocycles. The van der Waals surface area contributed by atoms with Gasteiger partial charge in [0.05, 0.1) is 32.8 Å². The minimum absolute atomic E-state index is 0.488. The Morgan fingerprint density at radius 3 is 2.45 bits per heavy atom. The summed E-state index contributed by atoms with van der Waals surface area (Å²) >= 11 is 9.62. The van der Waals surface area contributed by atoms with Gasteiger partial charge in [-0.25, -0.2) is 4.98 Å².